The summed E-state index contributed by atoms with van der Waals surface area (Å²) in [6.07, 6.45) is 4.61. The second-order valence-electron chi connectivity index (χ2n) is 13.4. The van der Waals surface area contributed by atoms with E-state index < -0.39 is 31.0 Å². The van der Waals surface area contributed by atoms with Gasteiger partial charge in [0.05, 0.1) is 18.8 Å². The predicted molar refractivity (Wildman–Crippen MR) is 183 cm³/mol. The lowest BCUT2D eigenvalue weighted by Gasteiger charge is -2.25. The first-order valence-electron chi connectivity index (χ1n) is 17.3. The monoisotopic (exact) mass is 661 g/mol. The first-order valence-corrected chi connectivity index (χ1v) is 17.3. The topological polar surface area (TPSA) is 164 Å². The van der Waals surface area contributed by atoms with Gasteiger partial charge in [-0.2, -0.15) is 0 Å². The molecule has 2 saturated carbocycles. The van der Waals surface area contributed by atoms with Crippen LogP contribution in [0.15, 0.2) is 60.9 Å². The van der Waals surface area contributed by atoms with E-state index >= 15 is 0 Å². The van der Waals surface area contributed by atoms with Crippen molar-refractivity contribution in [3.8, 4) is 16.9 Å². The summed E-state index contributed by atoms with van der Waals surface area (Å²) in [7, 11) is 0. The molecule has 2 aliphatic carbocycles. The van der Waals surface area contributed by atoms with Gasteiger partial charge in [-0.15, -0.1) is 0 Å². The van der Waals surface area contributed by atoms with Gasteiger partial charge >= 0.3 is 0 Å². The molecule has 48 heavy (non-hydrogen) atoms. The third kappa shape index (κ3) is 8.99. The number of benzene rings is 2. The molecule has 5 atom stereocenters. The third-order valence-corrected chi connectivity index (χ3v) is 9.75. The molecule has 0 aliphatic heterocycles. The van der Waals surface area contributed by atoms with Crippen LogP contribution in [0.3, 0.4) is 0 Å². The minimum Gasteiger partial charge on any atom is -0.490 e. The number of rotatable bonds is 19. The van der Waals surface area contributed by atoms with E-state index in [2.05, 4.69) is 71.9 Å². The average Bonchev–Trinajstić information content (AvgIpc) is 4.06. The molecule has 0 radical (unpaired) electrons. The molecule has 2 fully saturated rings. The Labute approximate surface area is 283 Å². The molecule has 1 heterocycles. The van der Waals surface area contributed by atoms with E-state index in [0.29, 0.717) is 12.5 Å². The zero-order valence-corrected chi connectivity index (χ0v) is 28.0. The van der Waals surface area contributed by atoms with E-state index in [4.69, 9.17) is 9.84 Å². The maximum atomic E-state index is 12.4. The van der Waals surface area contributed by atoms with E-state index in [0.717, 1.165) is 61.9 Å². The number of pyridine rings is 1. The fourth-order valence-electron chi connectivity index (χ4n) is 6.29. The first-order chi connectivity index (χ1) is 23.2. The van der Waals surface area contributed by atoms with Crippen LogP contribution in [0.2, 0.25) is 0 Å². The Morgan fingerprint density at radius 3 is 2.46 bits per heavy atom. The number of para-hydroxylation sites is 1. The number of aromatic nitrogens is 1. The number of ether oxygens (including phenoxy) is 1. The van der Waals surface area contributed by atoms with Crippen molar-refractivity contribution in [1.82, 2.24) is 15.6 Å². The highest BCUT2D eigenvalue weighted by Gasteiger charge is 2.46. The highest BCUT2D eigenvalue weighted by atomic mass is 16.5. The van der Waals surface area contributed by atoms with Crippen molar-refractivity contribution >= 4 is 5.91 Å². The van der Waals surface area contributed by atoms with Gasteiger partial charge in [-0.05, 0) is 90.8 Å². The molecule has 1 amide bonds. The second kappa shape index (κ2) is 16.3. The summed E-state index contributed by atoms with van der Waals surface area (Å²) in [6, 6.07) is 17.1. The Morgan fingerprint density at radius 2 is 1.75 bits per heavy atom. The molecule has 260 valence electrons. The first kappa shape index (κ1) is 35.9. The van der Waals surface area contributed by atoms with Crippen LogP contribution in [0.4, 0.5) is 0 Å². The number of aliphatic hydroxyl groups excluding tert-OH is 5. The summed E-state index contributed by atoms with van der Waals surface area (Å²) in [4.78, 5) is 16.9. The summed E-state index contributed by atoms with van der Waals surface area (Å²) in [5, 5.41) is 54.6. The normalized spacial score (nSPS) is 18.4. The van der Waals surface area contributed by atoms with Crippen LogP contribution in [0.1, 0.15) is 87.0 Å². The summed E-state index contributed by atoms with van der Waals surface area (Å²) in [5.41, 5.74) is 7.14. The van der Waals surface area contributed by atoms with Gasteiger partial charge in [0.15, 0.2) is 0 Å². The molecule has 2 aromatic carbocycles. The van der Waals surface area contributed by atoms with Gasteiger partial charge < -0.3 is 40.9 Å². The van der Waals surface area contributed by atoms with E-state index in [-0.39, 0.29) is 30.3 Å². The second-order valence-corrected chi connectivity index (χ2v) is 13.4. The molecule has 1 unspecified atom stereocenters. The van der Waals surface area contributed by atoms with Crippen molar-refractivity contribution in [1.29, 1.82) is 0 Å². The number of nitrogens with zero attached hydrogens (tertiary/aromatic N) is 1. The van der Waals surface area contributed by atoms with Gasteiger partial charge in [-0.1, -0.05) is 50.2 Å². The lowest BCUT2D eigenvalue weighted by Crippen LogP contribution is -2.49. The molecule has 0 saturated heterocycles. The van der Waals surface area contributed by atoms with Crippen LogP contribution in [0.5, 0.6) is 5.75 Å². The minimum absolute atomic E-state index is 0.142. The van der Waals surface area contributed by atoms with E-state index in [1.54, 1.807) is 0 Å². The van der Waals surface area contributed by atoms with Crippen molar-refractivity contribution in [2.75, 3.05) is 13.2 Å². The van der Waals surface area contributed by atoms with E-state index in [9.17, 15) is 25.2 Å². The van der Waals surface area contributed by atoms with Crippen LogP contribution in [0, 0.1) is 0 Å². The predicted octanol–water partition coefficient (Wildman–Crippen LogP) is 3.46. The number of aryl methyl sites for hydroxylation is 1. The molecule has 0 spiro atoms. The van der Waals surface area contributed by atoms with Gasteiger partial charge in [0.25, 0.3) is 0 Å². The molecular formula is C38H51N3O7. The summed E-state index contributed by atoms with van der Waals surface area (Å²) >= 11 is 0. The highest BCUT2D eigenvalue weighted by Crippen LogP contribution is 2.50. The van der Waals surface area contributed by atoms with Crippen molar-refractivity contribution in [2.24, 2.45) is 0 Å². The zero-order chi connectivity index (χ0) is 34.3. The fourth-order valence-corrected chi connectivity index (χ4v) is 6.29. The number of amides is 1. The summed E-state index contributed by atoms with van der Waals surface area (Å²) in [5.74, 6) is 0.887. The Hall–Kier alpha value is -3.38. The highest BCUT2D eigenvalue weighted by molar-refractivity contribution is 5.76. The fraction of sp³-hybridized carbons (Fsp3) is 0.526. The average molecular weight is 662 g/mol. The Kier molecular flexibility index (Phi) is 12.2. The molecule has 2 aliphatic rings. The SMILES string of the molecule is CCc1ccc(C(C)CCCC(=O)NC[C@H](O)[C@@H](O)[C@H](O)[C@H](O)CO)cc1CNC1(c2cnccc2-c2ccccc2OC2CC2)CC1. The lowest BCUT2D eigenvalue weighted by atomic mass is 9.91. The quantitative estimate of drug-likeness (QED) is 0.102. The number of hydrogen-bond donors (Lipinski definition) is 7. The molecular weight excluding hydrogens is 610 g/mol. The Bertz CT molecular complexity index is 1510. The lowest BCUT2D eigenvalue weighted by molar-refractivity contribution is -0.126. The molecule has 5 rings (SSSR count). The Morgan fingerprint density at radius 1 is 1.00 bits per heavy atom. The largest absolute Gasteiger partial charge is 0.490 e. The number of carbonyl (C=O) groups is 1. The van der Waals surface area contributed by atoms with Crippen LogP contribution < -0.4 is 15.4 Å². The maximum absolute atomic E-state index is 12.4. The number of hydrogen-bond acceptors (Lipinski definition) is 9. The maximum Gasteiger partial charge on any atom is 0.220 e. The van der Waals surface area contributed by atoms with E-state index in [1.165, 1.54) is 22.3 Å². The molecule has 1 aromatic heterocycles. The third-order valence-electron chi connectivity index (χ3n) is 9.75. The minimum atomic E-state index is -1.72. The Balaban J connectivity index is 1.17. The van der Waals surface area contributed by atoms with Crippen LogP contribution in [-0.2, 0) is 23.3 Å². The van der Waals surface area contributed by atoms with Crippen LogP contribution in [-0.4, -0.2) is 80.1 Å². The van der Waals surface area contributed by atoms with Crippen molar-refractivity contribution in [3.63, 3.8) is 0 Å². The van der Waals surface area contributed by atoms with Crippen LogP contribution in [0.25, 0.3) is 11.1 Å². The number of carbonyl (C=O) groups excluding carboxylic acids is 1. The van der Waals surface area contributed by atoms with Crippen molar-refractivity contribution in [3.05, 3.63) is 83.2 Å². The molecule has 3 aromatic rings. The van der Waals surface area contributed by atoms with Gasteiger partial charge in [0, 0.05) is 43.0 Å². The van der Waals surface area contributed by atoms with Crippen molar-refractivity contribution in [2.45, 2.75) is 114 Å². The molecule has 7 N–H and O–H groups in total. The van der Waals surface area contributed by atoms with Gasteiger partial charge in [0.2, 0.25) is 5.91 Å². The molecule has 0 bridgehead atoms. The van der Waals surface area contributed by atoms with Gasteiger partial charge in [-0.25, -0.2) is 0 Å². The standard InChI is InChI=1S/C38H51N3O7/c1-3-25-11-12-26(24(2)7-6-10-35(45)40-22-32(43)36(46)37(47)33(44)23-42)19-27(25)20-41-38(16-17-38)31-21-39-18-15-29(31)30-8-4-5-9-34(30)48-28-13-14-28/h4-5,8-9,11-12,15,18-19,21,24,28,32-33,36-37,41-44,46-47H,3,6-7,10,13-14,16-17,20,22-23H2,1-2H3,(H,40,45)/t24?,32-,33+,36+,37+/m0/s1. The number of aliphatic hydroxyl groups is 5. The summed E-state index contributed by atoms with van der Waals surface area (Å²) < 4.78 is 6.28. The van der Waals surface area contributed by atoms with E-state index in [1.807, 2.05) is 18.5 Å². The molecule has 10 heteroatoms. The molecule has 10 nitrogen and oxygen atoms in total. The smallest absolute Gasteiger partial charge is 0.220 e. The van der Waals surface area contributed by atoms with Gasteiger partial charge in [-0.3, -0.25) is 9.78 Å². The summed E-state index contributed by atoms with van der Waals surface area (Å²) in [6.45, 7) is 4.04. The van der Waals surface area contributed by atoms with Gasteiger partial charge in [0.1, 0.15) is 24.1 Å². The van der Waals surface area contributed by atoms with Crippen molar-refractivity contribution < 1.29 is 35.1 Å². The number of nitrogens with one attached hydrogen (secondary N) is 2. The zero-order valence-electron chi connectivity index (χ0n) is 28.0. The van der Waals surface area contributed by atoms with Crippen LogP contribution >= 0.6 is 0 Å².